The molecule has 8 rings (SSSR count). The normalized spacial score (nSPS) is 16.8. The van der Waals surface area contributed by atoms with Gasteiger partial charge in [0, 0.05) is 54.5 Å². The van der Waals surface area contributed by atoms with Gasteiger partial charge in [-0.2, -0.15) is 4.98 Å². The zero-order valence-corrected chi connectivity index (χ0v) is 32.5. The SMILES string of the molecule is C[Si]1(C)C2=CC(=[N+]3CCC3)C=CC2=C(c2c(F)c(C(=O)CCc3ccc(COc4cc(Cl)nc(N)n4)cc3)c(F)c(F)c2C(=O)[O-])c2ccc(N3CCC3)cc21. The van der Waals surface area contributed by atoms with Crippen molar-refractivity contribution in [1.82, 2.24) is 9.97 Å². The number of allylic oxidation sites excluding steroid dienone is 5. The second kappa shape index (κ2) is 14.5. The van der Waals surface area contributed by atoms with Crippen molar-refractivity contribution in [1.29, 1.82) is 0 Å². The number of aromatic nitrogens is 2. The van der Waals surface area contributed by atoms with E-state index in [-0.39, 0.29) is 42.0 Å². The monoisotopic (exact) mass is 795 g/mol. The summed E-state index contributed by atoms with van der Waals surface area (Å²) in [4.78, 5) is 36.4. The predicted octanol–water partition coefficient (Wildman–Crippen LogP) is 5.72. The summed E-state index contributed by atoms with van der Waals surface area (Å²) in [7, 11) is -2.56. The number of aromatic carboxylic acids is 1. The number of anilines is 2. The van der Waals surface area contributed by atoms with E-state index in [9.17, 15) is 14.7 Å². The van der Waals surface area contributed by atoms with Gasteiger partial charge in [0.05, 0.1) is 18.0 Å². The van der Waals surface area contributed by atoms with Crippen molar-refractivity contribution in [2.24, 2.45) is 0 Å². The number of carbonyl (C=O) groups is 2. The Hall–Kier alpha value is -5.53. The average Bonchev–Trinajstić information content (AvgIpc) is 3.11. The highest BCUT2D eigenvalue weighted by Gasteiger charge is 2.43. The zero-order valence-electron chi connectivity index (χ0n) is 30.7. The molecule has 14 heteroatoms. The first kappa shape index (κ1) is 37.4. The molecule has 0 unspecified atom stereocenters. The minimum Gasteiger partial charge on any atom is -0.545 e. The quantitative estimate of drug-likeness (QED) is 0.0711. The van der Waals surface area contributed by atoms with E-state index in [2.05, 4.69) is 44.7 Å². The highest BCUT2D eigenvalue weighted by molar-refractivity contribution is 6.98. The van der Waals surface area contributed by atoms with Gasteiger partial charge in [-0.15, -0.1) is 0 Å². The Morgan fingerprint density at radius 2 is 1.66 bits per heavy atom. The van der Waals surface area contributed by atoms with Crippen LogP contribution in [-0.2, 0) is 13.0 Å². The van der Waals surface area contributed by atoms with Gasteiger partial charge in [0.25, 0.3) is 0 Å². The Labute approximate surface area is 327 Å². The molecule has 0 radical (unpaired) electrons. The van der Waals surface area contributed by atoms with Crippen LogP contribution in [0.1, 0.15) is 62.2 Å². The molecule has 2 N–H and O–H groups in total. The Balaban J connectivity index is 1.17. The number of halogens is 4. The summed E-state index contributed by atoms with van der Waals surface area (Å²) in [5.41, 5.74) is 7.08. The number of benzene rings is 3. The molecule has 0 amide bonds. The minimum absolute atomic E-state index is 0.0356. The lowest BCUT2D eigenvalue weighted by atomic mass is 9.84. The molecule has 0 atom stereocenters. The van der Waals surface area contributed by atoms with Gasteiger partial charge in [-0.05, 0) is 69.3 Å². The number of nitrogens with two attached hydrogens (primary N) is 1. The molecule has 0 spiro atoms. The van der Waals surface area contributed by atoms with Crippen LogP contribution in [0.4, 0.5) is 24.8 Å². The summed E-state index contributed by atoms with van der Waals surface area (Å²) in [6, 6.07) is 14.2. The van der Waals surface area contributed by atoms with Crippen LogP contribution in [-0.4, -0.2) is 66.3 Å². The van der Waals surface area contributed by atoms with E-state index >= 15 is 13.2 Å². The minimum atomic E-state index is -2.56. The van der Waals surface area contributed by atoms with Gasteiger partial charge < -0.3 is 25.3 Å². The maximum atomic E-state index is 17.2. The molecule has 4 aliphatic rings. The Kier molecular flexibility index (Phi) is 9.69. The summed E-state index contributed by atoms with van der Waals surface area (Å²) in [6.45, 7) is 8.04. The lowest BCUT2D eigenvalue weighted by Gasteiger charge is -2.40. The van der Waals surface area contributed by atoms with E-state index in [1.54, 1.807) is 24.3 Å². The molecule has 286 valence electrons. The Morgan fingerprint density at radius 1 is 0.946 bits per heavy atom. The number of ether oxygens (including phenoxy) is 1. The number of rotatable bonds is 10. The number of ketones is 1. The topological polar surface area (TPSA) is 124 Å². The van der Waals surface area contributed by atoms with Gasteiger partial charge in [0.2, 0.25) is 11.8 Å². The molecule has 0 saturated carbocycles. The fourth-order valence-electron chi connectivity index (χ4n) is 7.80. The van der Waals surface area contributed by atoms with Crippen molar-refractivity contribution >= 4 is 59.5 Å². The highest BCUT2D eigenvalue weighted by atomic mass is 35.5. The number of nitrogens with zero attached hydrogens (tertiary/aromatic N) is 4. The van der Waals surface area contributed by atoms with E-state index in [0.717, 1.165) is 66.4 Å². The zero-order chi connectivity index (χ0) is 39.5. The molecule has 3 aromatic carbocycles. The number of hydrogen-bond acceptors (Lipinski definition) is 8. The van der Waals surface area contributed by atoms with Crippen LogP contribution < -0.4 is 25.7 Å². The number of Topliss-reactive ketones (excluding diaryl/α,β-unsaturated/α-hetero) is 1. The number of carboxylic acids is 1. The summed E-state index contributed by atoms with van der Waals surface area (Å²) in [5, 5.41) is 14.6. The van der Waals surface area contributed by atoms with Crippen LogP contribution in [0.2, 0.25) is 18.2 Å². The van der Waals surface area contributed by atoms with E-state index in [1.807, 2.05) is 24.3 Å². The van der Waals surface area contributed by atoms with Crippen LogP contribution in [0.3, 0.4) is 0 Å². The summed E-state index contributed by atoms with van der Waals surface area (Å²) in [6.07, 6.45) is 7.57. The summed E-state index contributed by atoms with van der Waals surface area (Å²) < 4.78 is 57.0. The standard InChI is InChI=1S/C42H37ClF3N5O4Si/c1-56(2)30-19-25(50-15-3-16-50)10-12-27(30)34(28-13-11-26(20-31(28)56)51-17-4-18-51)36-37(41(53)54)40(46)39(45)35(38(36)44)29(52)14-9-23-5-7-24(8-6-23)22-55-33-21-32(43)48-42(47)49-33/h5-8,10-13,19-21H,3-4,9,14-18,22H2,1-2H3,(H2-,47,48,49,53,54). The molecule has 1 aromatic heterocycles. The van der Waals surface area contributed by atoms with Crippen LogP contribution in [0.15, 0.2) is 77.5 Å². The first-order valence-corrected chi connectivity index (χ1v) is 21.8. The molecular formula is C42H37ClF3N5O4Si. The van der Waals surface area contributed by atoms with Gasteiger partial charge in [0.1, 0.15) is 38.7 Å². The van der Waals surface area contributed by atoms with Crippen molar-refractivity contribution in [3.63, 3.8) is 0 Å². The number of carbonyl (C=O) groups excluding carboxylic acids is 2. The Morgan fingerprint density at radius 3 is 2.30 bits per heavy atom. The maximum Gasteiger partial charge on any atom is 0.224 e. The van der Waals surface area contributed by atoms with Crippen molar-refractivity contribution in [3.8, 4) is 5.88 Å². The number of hydrogen-bond donors (Lipinski definition) is 1. The predicted molar refractivity (Wildman–Crippen MR) is 209 cm³/mol. The van der Waals surface area contributed by atoms with Crippen molar-refractivity contribution in [2.75, 3.05) is 36.8 Å². The van der Waals surface area contributed by atoms with E-state index in [0.29, 0.717) is 16.7 Å². The molecule has 0 bridgehead atoms. The number of fused-ring (bicyclic) bond motifs is 2. The van der Waals surface area contributed by atoms with Gasteiger partial charge >= 0.3 is 0 Å². The molecule has 1 aliphatic carbocycles. The number of nitrogen functional groups attached to an aromatic ring is 1. The third-order valence-electron chi connectivity index (χ3n) is 11.1. The molecule has 9 nitrogen and oxygen atoms in total. The van der Waals surface area contributed by atoms with Crippen LogP contribution in [0.5, 0.6) is 5.88 Å². The fraction of sp³-hybridized carbons (Fsp3) is 0.262. The van der Waals surface area contributed by atoms with Crippen LogP contribution in [0, 0.1) is 17.5 Å². The summed E-state index contributed by atoms with van der Waals surface area (Å²) >= 11 is 5.91. The molecule has 2 fully saturated rings. The third kappa shape index (κ3) is 6.62. The van der Waals surface area contributed by atoms with E-state index < -0.39 is 54.0 Å². The Bertz CT molecular complexity index is 2450. The highest BCUT2D eigenvalue weighted by Crippen LogP contribution is 2.45. The molecule has 3 aliphatic heterocycles. The van der Waals surface area contributed by atoms with Gasteiger partial charge in [-0.3, -0.25) is 4.79 Å². The van der Waals surface area contributed by atoms with Crippen molar-refractivity contribution in [2.45, 2.75) is 45.4 Å². The summed E-state index contributed by atoms with van der Waals surface area (Å²) in [5.74, 6) is -8.08. The molecule has 2 saturated heterocycles. The van der Waals surface area contributed by atoms with Crippen molar-refractivity contribution < 1.29 is 37.2 Å². The van der Waals surface area contributed by atoms with Crippen LogP contribution >= 0.6 is 11.6 Å². The molecule has 4 aromatic rings. The molecule has 4 heterocycles. The van der Waals surface area contributed by atoms with E-state index in [1.165, 1.54) is 6.07 Å². The fourth-order valence-corrected chi connectivity index (χ4v) is 11.0. The van der Waals surface area contributed by atoms with Crippen LogP contribution in [0.25, 0.3) is 5.57 Å². The second-order valence-electron chi connectivity index (χ2n) is 14.9. The second-order valence-corrected chi connectivity index (χ2v) is 19.6. The lowest BCUT2D eigenvalue weighted by Crippen LogP contribution is -2.50. The number of carboxylic acid groups (broad SMARTS) is 1. The van der Waals surface area contributed by atoms with Gasteiger partial charge in [-0.25, -0.2) is 22.7 Å². The van der Waals surface area contributed by atoms with Gasteiger partial charge in [0.15, 0.2) is 23.1 Å². The first-order valence-electron chi connectivity index (χ1n) is 18.4. The smallest absolute Gasteiger partial charge is 0.224 e. The molecule has 56 heavy (non-hydrogen) atoms. The lowest BCUT2D eigenvalue weighted by molar-refractivity contribution is -0.582. The molecular weight excluding hydrogens is 759 g/mol. The average molecular weight is 796 g/mol. The van der Waals surface area contributed by atoms with Crippen molar-refractivity contribution in [3.05, 3.63) is 134 Å². The van der Waals surface area contributed by atoms with Gasteiger partial charge in [-0.1, -0.05) is 55.0 Å². The van der Waals surface area contributed by atoms with E-state index in [4.69, 9.17) is 22.1 Å². The third-order valence-corrected chi connectivity index (χ3v) is 14.8. The number of aryl methyl sites for hydroxylation is 1. The first-order chi connectivity index (χ1) is 26.8. The largest absolute Gasteiger partial charge is 0.545 e. The maximum absolute atomic E-state index is 17.2.